The standard InChI is InChI=1S/C19H22ClNO4S/c20-15-5-7-16(8-6-15)24-14-13-21-26(22,23)19-11-9-18(10-12-19)25-17-3-1-2-4-17/h5-12,17,21H,1-4,13-14H2. The predicted octanol–water partition coefficient (Wildman–Crippen LogP) is 4.02. The van der Waals surface area contributed by atoms with Gasteiger partial charge in [-0.1, -0.05) is 11.6 Å². The van der Waals surface area contributed by atoms with Gasteiger partial charge in [0.1, 0.15) is 18.1 Å². The number of ether oxygens (including phenoxy) is 2. The Balaban J connectivity index is 1.48. The van der Waals surface area contributed by atoms with E-state index in [0.29, 0.717) is 16.5 Å². The van der Waals surface area contributed by atoms with Crippen LogP contribution in [0.25, 0.3) is 0 Å². The Labute approximate surface area is 159 Å². The van der Waals surface area contributed by atoms with Gasteiger partial charge in [-0.2, -0.15) is 0 Å². The van der Waals surface area contributed by atoms with Gasteiger partial charge in [-0.05, 0) is 74.2 Å². The van der Waals surface area contributed by atoms with E-state index in [1.165, 1.54) is 12.8 Å². The Morgan fingerprint density at radius 1 is 0.962 bits per heavy atom. The number of sulfonamides is 1. The molecule has 1 saturated carbocycles. The summed E-state index contributed by atoms with van der Waals surface area (Å²) in [5.74, 6) is 1.35. The van der Waals surface area contributed by atoms with Crippen LogP contribution in [0.5, 0.6) is 11.5 Å². The minimum Gasteiger partial charge on any atom is -0.492 e. The Kier molecular flexibility index (Phi) is 6.40. The first-order chi connectivity index (χ1) is 12.5. The molecule has 0 bridgehead atoms. The maximum Gasteiger partial charge on any atom is 0.240 e. The Morgan fingerprint density at radius 2 is 1.58 bits per heavy atom. The van der Waals surface area contributed by atoms with Gasteiger partial charge in [0, 0.05) is 11.6 Å². The van der Waals surface area contributed by atoms with Crippen molar-refractivity contribution in [3.8, 4) is 11.5 Å². The van der Waals surface area contributed by atoms with Gasteiger partial charge in [-0.15, -0.1) is 0 Å². The lowest BCUT2D eigenvalue weighted by molar-refractivity contribution is 0.210. The fraction of sp³-hybridized carbons (Fsp3) is 0.368. The van der Waals surface area contributed by atoms with Crippen molar-refractivity contribution in [3.63, 3.8) is 0 Å². The number of nitrogens with one attached hydrogen (secondary N) is 1. The molecule has 2 aromatic carbocycles. The first kappa shape index (κ1) is 19.0. The van der Waals surface area contributed by atoms with Crippen molar-refractivity contribution < 1.29 is 17.9 Å². The third kappa shape index (κ3) is 5.37. The summed E-state index contributed by atoms with van der Waals surface area (Å²) in [6.45, 7) is 0.398. The summed E-state index contributed by atoms with van der Waals surface area (Å²) in [7, 11) is -3.57. The third-order valence-corrected chi connectivity index (χ3v) is 5.94. The Morgan fingerprint density at radius 3 is 2.23 bits per heavy atom. The van der Waals surface area contributed by atoms with Crippen LogP contribution in [0.2, 0.25) is 5.02 Å². The highest BCUT2D eigenvalue weighted by atomic mass is 35.5. The van der Waals surface area contributed by atoms with E-state index in [0.717, 1.165) is 12.8 Å². The molecule has 5 nitrogen and oxygen atoms in total. The second-order valence-corrected chi connectivity index (χ2v) is 8.40. The molecule has 0 amide bonds. The van der Waals surface area contributed by atoms with Crippen molar-refractivity contribution in [2.24, 2.45) is 0 Å². The zero-order valence-electron chi connectivity index (χ0n) is 14.4. The van der Waals surface area contributed by atoms with Crippen LogP contribution in [0.15, 0.2) is 53.4 Å². The van der Waals surface area contributed by atoms with Gasteiger partial charge in [0.2, 0.25) is 10.0 Å². The summed E-state index contributed by atoms with van der Waals surface area (Å²) >= 11 is 5.80. The number of hydrogen-bond donors (Lipinski definition) is 1. The highest BCUT2D eigenvalue weighted by molar-refractivity contribution is 7.89. The molecule has 1 fully saturated rings. The molecule has 26 heavy (non-hydrogen) atoms. The maximum absolute atomic E-state index is 12.3. The van der Waals surface area contributed by atoms with Crippen molar-refractivity contribution in [2.45, 2.75) is 36.7 Å². The van der Waals surface area contributed by atoms with E-state index < -0.39 is 10.0 Å². The smallest absolute Gasteiger partial charge is 0.240 e. The zero-order valence-corrected chi connectivity index (χ0v) is 15.9. The highest BCUT2D eigenvalue weighted by Crippen LogP contribution is 2.25. The molecule has 1 N–H and O–H groups in total. The summed E-state index contributed by atoms with van der Waals surface area (Å²) < 4.78 is 38.5. The quantitative estimate of drug-likeness (QED) is 0.685. The van der Waals surface area contributed by atoms with Crippen molar-refractivity contribution in [1.82, 2.24) is 4.72 Å². The van der Waals surface area contributed by atoms with Crippen LogP contribution in [0.4, 0.5) is 0 Å². The molecule has 140 valence electrons. The van der Waals surface area contributed by atoms with Crippen molar-refractivity contribution in [1.29, 1.82) is 0 Å². The molecule has 1 aliphatic carbocycles. The molecule has 0 unspecified atom stereocenters. The Hall–Kier alpha value is -1.76. The predicted molar refractivity (Wildman–Crippen MR) is 101 cm³/mol. The molecule has 0 saturated heterocycles. The van der Waals surface area contributed by atoms with E-state index in [2.05, 4.69) is 4.72 Å². The molecule has 7 heteroatoms. The molecular weight excluding hydrogens is 374 g/mol. The van der Waals surface area contributed by atoms with Crippen LogP contribution in [0.3, 0.4) is 0 Å². The Bertz CT molecular complexity index is 800. The fourth-order valence-electron chi connectivity index (χ4n) is 2.86. The van der Waals surface area contributed by atoms with Crippen LogP contribution in [-0.4, -0.2) is 27.7 Å². The van der Waals surface area contributed by atoms with Gasteiger partial charge in [0.25, 0.3) is 0 Å². The second kappa shape index (κ2) is 8.75. The normalized spacial score (nSPS) is 15.1. The molecule has 0 heterocycles. The van der Waals surface area contributed by atoms with Crippen LogP contribution < -0.4 is 14.2 Å². The first-order valence-corrected chi connectivity index (χ1v) is 10.5. The minimum atomic E-state index is -3.57. The zero-order chi connectivity index (χ0) is 18.4. The third-order valence-electron chi connectivity index (χ3n) is 4.22. The molecule has 0 atom stereocenters. The fourth-order valence-corrected chi connectivity index (χ4v) is 3.99. The van der Waals surface area contributed by atoms with Crippen molar-refractivity contribution >= 4 is 21.6 Å². The molecule has 1 aliphatic rings. The van der Waals surface area contributed by atoms with Crippen molar-refractivity contribution in [2.75, 3.05) is 13.2 Å². The van der Waals surface area contributed by atoms with Gasteiger partial charge in [-0.3, -0.25) is 0 Å². The van der Waals surface area contributed by atoms with E-state index in [1.54, 1.807) is 48.5 Å². The first-order valence-electron chi connectivity index (χ1n) is 8.68. The van der Waals surface area contributed by atoms with E-state index in [4.69, 9.17) is 21.1 Å². The number of benzene rings is 2. The molecule has 0 aliphatic heterocycles. The molecule has 0 aromatic heterocycles. The van der Waals surface area contributed by atoms with Crippen molar-refractivity contribution in [3.05, 3.63) is 53.6 Å². The van der Waals surface area contributed by atoms with Crippen LogP contribution >= 0.6 is 11.6 Å². The van der Waals surface area contributed by atoms with Gasteiger partial charge in [0.15, 0.2) is 0 Å². The maximum atomic E-state index is 12.3. The summed E-state index contributed by atoms with van der Waals surface area (Å²) in [4.78, 5) is 0.211. The van der Waals surface area contributed by atoms with Gasteiger partial charge in [-0.25, -0.2) is 13.1 Å². The lowest BCUT2D eigenvalue weighted by atomic mass is 10.3. The summed E-state index contributed by atoms with van der Waals surface area (Å²) in [5, 5.41) is 0.624. The van der Waals surface area contributed by atoms with E-state index in [1.807, 2.05) is 0 Å². The SMILES string of the molecule is O=S(=O)(NCCOc1ccc(Cl)cc1)c1ccc(OC2CCCC2)cc1. The number of hydrogen-bond acceptors (Lipinski definition) is 4. The highest BCUT2D eigenvalue weighted by Gasteiger charge is 2.17. The summed E-state index contributed by atoms with van der Waals surface area (Å²) in [6.07, 6.45) is 4.77. The number of halogens is 1. The van der Waals surface area contributed by atoms with E-state index >= 15 is 0 Å². The summed E-state index contributed by atoms with van der Waals surface area (Å²) in [5.41, 5.74) is 0. The van der Waals surface area contributed by atoms with E-state index in [9.17, 15) is 8.42 Å². The van der Waals surface area contributed by atoms with Gasteiger partial charge >= 0.3 is 0 Å². The van der Waals surface area contributed by atoms with Gasteiger partial charge < -0.3 is 9.47 Å². The average Bonchev–Trinajstić information content (AvgIpc) is 3.14. The van der Waals surface area contributed by atoms with Crippen LogP contribution in [0, 0.1) is 0 Å². The number of rotatable bonds is 8. The molecule has 2 aromatic rings. The van der Waals surface area contributed by atoms with E-state index in [-0.39, 0.29) is 24.2 Å². The molecule has 3 rings (SSSR count). The second-order valence-electron chi connectivity index (χ2n) is 6.20. The average molecular weight is 396 g/mol. The lowest BCUT2D eigenvalue weighted by Crippen LogP contribution is -2.28. The lowest BCUT2D eigenvalue weighted by Gasteiger charge is -2.13. The largest absolute Gasteiger partial charge is 0.492 e. The topological polar surface area (TPSA) is 64.6 Å². The monoisotopic (exact) mass is 395 g/mol. The van der Waals surface area contributed by atoms with Crippen LogP contribution in [0.1, 0.15) is 25.7 Å². The minimum absolute atomic E-state index is 0.172. The molecular formula is C19H22ClNO4S. The van der Waals surface area contributed by atoms with Crippen LogP contribution in [-0.2, 0) is 10.0 Å². The molecule has 0 radical (unpaired) electrons. The summed E-state index contributed by atoms with van der Waals surface area (Å²) in [6, 6.07) is 13.4. The molecule has 0 spiro atoms. The van der Waals surface area contributed by atoms with Gasteiger partial charge in [0.05, 0.1) is 11.0 Å².